The lowest BCUT2D eigenvalue weighted by Crippen LogP contribution is -2.39. The molecule has 98 valence electrons. The zero-order valence-electron chi connectivity index (χ0n) is 10.9. The first-order chi connectivity index (χ1) is 8.02. The third-order valence-electron chi connectivity index (χ3n) is 2.86. The summed E-state index contributed by atoms with van der Waals surface area (Å²) in [6, 6.07) is 0.624. The van der Waals surface area contributed by atoms with Gasteiger partial charge in [0.05, 0.1) is 13.7 Å². The predicted molar refractivity (Wildman–Crippen MR) is 64.5 cm³/mol. The van der Waals surface area contributed by atoms with E-state index in [0.717, 1.165) is 12.8 Å². The van der Waals surface area contributed by atoms with Crippen molar-refractivity contribution in [1.29, 1.82) is 0 Å². The molecule has 0 bridgehead atoms. The Morgan fingerprint density at radius 2 is 2.06 bits per heavy atom. The number of esters is 1. The zero-order valence-corrected chi connectivity index (χ0v) is 10.9. The van der Waals surface area contributed by atoms with Crippen LogP contribution in [0.25, 0.3) is 0 Å². The topological polar surface area (TPSA) is 58.6 Å². The Morgan fingerprint density at radius 3 is 2.53 bits per heavy atom. The molecule has 0 spiro atoms. The van der Waals surface area contributed by atoms with E-state index in [1.807, 2.05) is 18.7 Å². The minimum Gasteiger partial charge on any atom is -0.468 e. The van der Waals surface area contributed by atoms with Crippen LogP contribution >= 0.6 is 0 Å². The molecule has 5 nitrogen and oxygen atoms in total. The van der Waals surface area contributed by atoms with Gasteiger partial charge in [-0.15, -0.1) is 0 Å². The van der Waals surface area contributed by atoms with Gasteiger partial charge in [0.15, 0.2) is 0 Å². The van der Waals surface area contributed by atoms with Crippen LogP contribution in [-0.2, 0) is 14.3 Å². The van der Waals surface area contributed by atoms with Crippen molar-refractivity contribution >= 4 is 11.9 Å². The van der Waals surface area contributed by atoms with E-state index in [9.17, 15) is 9.59 Å². The average Bonchev–Trinajstić information content (AvgIpc) is 3.07. The molecule has 1 fully saturated rings. The molecule has 0 aromatic heterocycles. The number of nitrogens with zero attached hydrogens (tertiary/aromatic N) is 1. The number of nitrogens with one attached hydrogen (secondary N) is 1. The summed E-state index contributed by atoms with van der Waals surface area (Å²) in [6.45, 7) is 4.83. The summed E-state index contributed by atoms with van der Waals surface area (Å²) in [7, 11) is 1.38. The summed E-state index contributed by atoms with van der Waals surface area (Å²) >= 11 is 0. The fourth-order valence-corrected chi connectivity index (χ4v) is 1.52. The maximum absolute atomic E-state index is 11.5. The van der Waals surface area contributed by atoms with Crippen LogP contribution in [0.3, 0.4) is 0 Å². The van der Waals surface area contributed by atoms with Crippen LogP contribution in [0.15, 0.2) is 0 Å². The van der Waals surface area contributed by atoms with Crippen molar-refractivity contribution in [2.75, 3.05) is 20.2 Å². The van der Waals surface area contributed by atoms with E-state index in [0.29, 0.717) is 19.0 Å². The second-order valence-corrected chi connectivity index (χ2v) is 4.73. The molecule has 0 aliphatic heterocycles. The van der Waals surface area contributed by atoms with Gasteiger partial charge in [-0.1, -0.05) is 0 Å². The highest BCUT2D eigenvalue weighted by Crippen LogP contribution is 2.18. The Morgan fingerprint density at radius 1 is 1.41 bits per heavy atom. The largest absolute Gasteiger partial charge is 0.468 e. The van der Waals surface area contributed by atoms with E-state index < -0.39 is 0 Å². The fraction of sp³-hybridized carbons (Fsp3) is 0.833. The summed E-state index contributed by atoms with van der Waals surface area (Å²) in [5.74, 6) is -0.190. The van der Waals surface area contributed by atoms with Crippen molar-refractivity contribution in [3.8, 4) is 0 Å². The molecular formula is C12H22N2O3. The molecule has 0 aromatic rings. The minimum atomic E-state index is -0.263. The third kappa shape index (κ3) is 5.68. The maximum Gasteiger partial charge on any atom is 0.319 e. The summed E-state index contributed by atoms with van der Waals surface area (Å²) in [4.78, 5) is 24.7. The molecule has 0 heterocycles. The minimum absolute atomic E-state index is 0.0722. The lowest BCUT2D eigenvalue weighted by molar-refractivity contribution is -0.142. The lowest BCUT2D eigenvalue weighted by Gasteiger charge is -2.24. The van der Waals surface area contributed by atoms with E-state index in [1.54, 1.807) is 0 Å². The molecule has 1 amide bonds. The highest BCUT2D eigenvalue weighted by Gasteiger charge is 2.23. The van der Waals surface area contributed by atoms with E-state index >= 15 is 0 Å². The van der Waals surface area contributed by atoms with E-state index in [4.69, 9.17) is 0 Å². The molecule has 0 aromatic carbocycles. The highest BCUT2D eigenvalue weighted by molar-refractivity contribution is 5.77. The van der Waals surface area contributed by atoms with Gasteiger partial charge in [-0.3, -0.25) is 14.5 Å². The van der Waals surface area contributed by atoms with Crippen LogP contribution in [-0.4, -0.2) is 49.1 Å². The van der Waals surface area contributed by atoms with E-state index in [1.165, 1.54) is 7.11 Å². The smallest absolute Gasteiger partial charge is 0.319 e. The molecule has 5 heteroatoms. The summed E-state index contributed by atoms with van der Waals surface area (Å²) in [5, 5.41) is 2.93. The number of carbonyl (C=O) groups excluding carboxylic acids is 2. The Labute approximate surface area is 102 Å². The van der Waals surface area contributed by atoms with Crippen LogP contribution in [0, 0.1) is 0 Å². The Balaban J connectivity index is 2.27. The van der Waals surface area contributed by atoms with Crippen molar-refractivity contribution in [1.82, 2.24) is 10.2 Å². The number of hydrogen-bond acceptors (Lipinski definition) is 4. The molecule has 1 aliphatic rings. The zero-order chi connectivity index (χ0) is 12.8. The SMILES string of the molecule is COC(=O)CN(CCC(=O)NC1CC1)C(C)C. The van der Waals surface area contributed by atoms with Gasteiger partial charge in [0.25, 0.3) is 0 Å². The average molecular weight is 242 g/mol. The van der Waals surface area contributed by atoms with E-state index in [2.05, 4.69) is 10.1 Å². The second-order valence-electron chi connectivity index (χ2n) is 4.73. The Kier molecular flexibility index (Phi) is 5.41. The van der Waals surface area contributed by atoms with Gasteiger partial charge in [0, 0.05) is 25.0 Å². The number of hydrogen-bond donors (Lipinski definition) is 1. The first kappa shape index (κ1) is 14.0. The molecule has 1 aliphatic carbocycles. The summed E-state index contributed by atoms with van der Waals surface area (Å²) in [6.07, 6.45) is 2.63. The van der Waals surface area contributed by atoms with Crippen LogP contribution < -0.4 is 5.32 Å². The van der Waals surface area contributed by atoms with Crippen molar-refractivity contribution in [2.45, 2.75) is 45.2 Å². The van der Waals surface area contributed by atoms with Gasteiger partial charge in [-0.25, -0.2) is 0 Å². The molecule has 1 rings (SSSR count). The fourth-order valence-electron chi connectivity index (χ4n) is 1.52. The molecule has 1 saturated carbocycles. The highest BCUT2D eigenvalue weighted by atomic mass is 16.5. The number of amides is 1. The summed E-state index contributed by atoms with van der Waals surface area (Å²) in [5.41, 5.74) is 0. The standard InChI is InChI=1S/C12H22N2O3/c1-9(2)14(8-12(16)17-3)7-6-11(15)13-10-4-5-10/h9-10H,4-8H2,1-3H3,(H,13,15). The summed E-state index contributed by atoms with van der Waals surface area (Å²) < 4.78 is 4.63. The quantitative estimate of drug-likeness (QED) is 0.662. The first-order valence-corrected chi connectivity index (χ1v) is 6.13. The van der Waals surface area contributed by atoms with E-state index in [-0.39, 0.29) is 24.5 Å². The predicted octanol–water partition coefficient (Wildman–Crippen LogP) is 0.539. The number of ether oxygens (including phenoxy) is 1. The number of carbonyl (C=O) groups is 2. The molecule has 0 unspecified atom stereocenters. The van der Waals surface area contributed by atoms with Gasteiger partial charge in [0.2, 0.25) is 5.91 Å². The van der Waals surface area contributed by atoms with Crippen LogP contribution in [0.2, 0.25) is 0 Å². The molecule has 0 radical (unpaired) electrons. The number of rotatable bonds is 7. The van der Waals surface area contributed by atoms with Crippen molar-refractivity contribution in [3.05, 3.63) is 0 Å². The normalized spacial score (nSPS) is 15.1. The first-order valence-electron chi connectivity index (χ1n) is 6.13. The second kappa shape index (κ2) is 6.59. The van der Waals surface area contributed by atoms with Gasteiger partial charge >= 0.3 is 5.97 Å². The van der Waals surface area contributed by atoms with Crippen LogP contribution in [0.5, 0.6) is 0 Å². The number of methoxy groups -OCH3 is 1. The lowest BCUT2D eigenvalue weighted by atomic mass is 10.2. The van der Waals surface area contributed by atoms with Gasteiger partial charge in [0.1, 0.15) is 0 Å². The van der Waals surface area contributed by atoms with Crippen molar-refractivity contribution in [3.63, 3.8) is 0 Å². The van der Waals surface area contributed by atoms with Gasteiger partial charge in [-0.2, -0.15) is 0 Å². The molecule has 17 heavy (non-hydrogen) atoms. The molecule has 0 saturated heterocycles. The molecular weight excluding hydrogens is 220 g/mol. The van der Waals surface area contributed by atoms with Crippen LogP contribution in [0.1, 0.15) is 33.1 Å². The monoisotopic (exact) mass is 242 g/mol. The third-order valence-corrected chi connectivity index (χ3v) is 2.86. The Hall–Kier alpha value is -1.10. The molecule has 0 atom stereocenters. The maximum atomic E-state index is 11.5. The van der Waals surface area contributed by atoms with Gasteiger partial charge < -0.3 is 10.1 Å². The van der Waals surface area contributed by atoms with Crippen molar-refractivity contribution in [2.24, 2.45) is 0 Å². The Bertz CT molecular complexity index is 275. The molecule has 1 N–H and O–H groups in total. The van der Waals surface area contributed by atoms with Crippen LogP contribution in [0.4, 0.5) is 0 Å². The van der Waals surface area contributed by atoms with Gasteiger partial charge in [-0.05, 0) is 26.7 Å². The van der Waals surface area contributed by atoms with Crippen molar-refractivity contribution < 1.29 is 14.3 Å².